The number of carbonyl (C=O) groups excluding carboxylic acids is 1. The summed E-state index contributed by atoms with van der Waals surface area (Å²) in [5.41, 5.74) is 1.92. The van der Waals surface area contributed by atoms with Gasteiger partial charge in [0.25, 0.3) is 0 Å². The first kappa shape index (κ1) is 25.2. The maximum Gasteiger partial charge on any atom is 0.407 e. The number of hydrogen-bond acceptors (Lipinski definition) is 7. The molecule has 184 valence electrons. The Kier molecular flexibility index (Phi) is 7.53. The van der Waals surface area contributed by atoms with Crippen molar-refractivity contribution in [2.45, 2.75) is 90.6 Å². The van der Waals surface area contributed by atoms with Crippen LogP contribution in [0.4, 0.5) is 10.6 Å². The van der Waals surface area contributed by atoms with Crippen molar-refractivity contribution in [2.24, 2.45) is 5.92 Å². The van der Waals surface area contributed by atoms with Crippen molar-refractivity contribution in [1.29, 1.82) is 0 Å². The third kappa shape index (κ3) is 7.04. The quantitative estimate of drug-likeness (QED) is 0.511. The number of anilines is 1. The van der Waals surface area contributed by atoms with Crippen LogP contribution in [0.3, 0.4) is 0 Å². The average Bonchev–Trinajstić information content (AvgIpc) is 3.24. The predicted octanol–water partition coefficient (Wildman–Crippen LogP) is 3.92. The van der Waals surface area contributed by atoms with E-state index in [0.29, 0.717) is 24.4 Å². The Morgan fingerprint density at radius 3 is 2.58 bits per heavy atom. The standard InChI is InChI=1S/C21H31N5O2.C3H8O2/c1-13-7-8-22-18-17-16(13)11-26(19(17)25-12-24-18)15-6-5-14(9-15)10-23-20(27)28-21(2,3)4;1-3(2,4)5/h11-15H,5-10H2,1-4H3,(H,23,27)(H,22,24,25);4-5H,1-2H3. The van der Waals surface area contributed by atoms with Crippen molar-refractivity contribution in [3.05, 3.63) is 18.1 Å². The minimum atomic E-state index is -1.50. The van der Waals surface area contributed by atoms with E-state index in [4.69, 9.17) is 14.9 Å². The summed E-state index contributed by atoms with van der Waals surface area (Å²) in [5, 5.41) is 23.7. The molecule has 4 rings (SSSR count). The summed E-state index contributed by atoms with van der Waals surface area (Å²) in [6.07, 6.45) is 7.98. The highest BCUT2D eigenvalue weighted by atomic mass is 16.6. The molecule has 33 heavy (non-hydrogen) atoms. The summed E-state index contributed by atoms with van der Waals surface area (Å²) in [7, 11) is 0. The second-order valence-electron chi connectivity index (χ2n) is 10.7. The molecule has 9 heteroatoms. The van der Waals surface area contributed by atoms with Crippen molar-refractivity contribution < 1.29 is 19.7 Å². The summed E-state index contributed by atoms with van der Waals surface area (Å²) >= 11 is 0. The van der Waals surface area contributed by atoms with E-state index in [2.05, 4.69) is 38.3 Å². The predicted molar refractivity (Wildman–Crippen MR) is 128 cm³/mol. The van der Waals surface area contributed by atoms with Gasteiger partial charge in [-0.3, -0.25) is 0 Å². The Hall–Kier alpha value is -2.39. The number of rotatable bonds is 3. The van der Waals surface area contributed by atoms with Crippen molar-refractivity contribution in [3.8, 4) is 0 Å². The van der Waals surface area contributed by atoms with E-state index < -0.39 is 11.4 Å². The Morgan fingerprint density at radius 1 is 1.21 bits per heavy atom. The highest BCUT2D eigenvalue weighted by Gasteiger charge is 2.30. The Balaban J connectivity index is 0.000000555. The lowest BCUT2D eigenvalue weighted by molar-refractivity contribution is -0.127. The van der Waals surface area contributed by atoms with Crippen molar-refractivity contribution >= 4 is 22.9 Å². The number of carbonyl (C=O) groups is 1. The van der Waals surface area contributed by atoms with Crippen LogP contribution in [0.25, 0.3) is 11.0 Å². The van der Waals surface area contributed by atoms with Gasteiger partial charge in [0.15, 0.2) is 5.79 Å². The maximum absolute atomic E-state index is 11.9. The largest absolute Gasteiger partial charge is 0.444 e. The first-order valence-electron chi connectivity index (χ1n) is 11.8. The molecule has 3 atom stereocenters. The first-order chi connectivity index (χ1) is 15.3. The molecule has 3 heterocycles. The monoisotopic (exact) mass is 461 g/mol. The molecule has 0 saturated heterocycles. The molecule has 1 aliphatic heterocycles. The lowest BCUT2D eigenvalue weighted by atomic mass is 10.00. The fourth-order valence-corrected chi connectivity index (χ4v) is 4.49. The normalized spacial score (nSPS) is 22.7. The van der Waals surface area contributed by atoms with Gasteiger partial charge in [-0.1, -0.05) is 6.92 Å². The number of ether oxygens (including phenoxy) is 1. The van der Waals surface area contributed by atoms with Gasteiger partial charge in [0.05, 0.1) is 5.39 Å². The van der Waals surface area contributed by atoms with E-state index in [9.17, 15) is 4.79 Å². The van der Waals surface area contributed by atoms with E-state index in [-0.39, 0.29) is 6.09 Å². The molecule has 2 aromatic rings. The Bertz CT molecular complexity index is 954. The van der Waals surface area contributed by atoms with Crippen LogP contribution >= 0.6 is 0 Å². The van der Waals surface area contributed by atoms with Crippen LogP contribution in [0.1, 0.15) is 84.7 Å². The molecule has 2 aromatic heterocycles. The highest BCUT2D eigenvalue weighted by molar-refractivity contribution is 5.92. The van der Waals surface area contributed by atoms with Crippen LogP contribution in [0.2, 0.25) is 0 Å². The molecule has 2 aliphatic rings. The van der Waals surface area contributed by atoms with Crippen molar-refractivity contribution in [3.63, 3.8) is 0 Å². The van der Waals surface area contributed by atoms with Gasteiger partial charge >= 0.3 is 6.09 Å². The molecule has 0 spiro atoms. The number of alkyl carbamates (subject to hydrolysis) is 1. The van der Waals surface area contributed by atoms with Crippen LogP contribution in [-0.2, 0) is 4.74 Å². The van der Waals surface area contributed by atoms with Gasteiger partial charge in [0.2, 0.25) is 0 Å². The van der Waals surface area contributed by atoms with Gasteiger partial charge in [0.1, 0.15) is 23.4 Å². The maximum atomic E-state index is 11.9. The second-order valence-corrected chi connectivity index (χ2v) is 10.7. The number of nitrogens with one attached hydrogen (secondary N) is 2. The number of aliphatic hydroxyl groups is 2. The third-order valence-electron chi connectivity index (χ3n) is 5.88. The van der Waals surface area contributed by atoms with Gasteiger partial charge in [-0.2, -0.15) is 0 Å². The average molecular weight is 462 g/mol. The minimum Gasteiger partial charge on any atom is -0.444 e. The molecule has 1 amide bonds. The topological polar surface area (TPSA) is 122 Å². The van der Waals surface area contributed by atoms with Gasteiger partial charge in [-0.15, -0.1) is 0 Å². The fraction of sp³-hybridized carbons (Fsp3) is 0.708. The van der Waals surface area contributed by atoms with Gasteiger partial charge in [0, 0.05) is 25.3 Å². The third-order valence-corrected chi connectivity index (χ3v) is 5.88. The molecule has 0 radical (unpaired) electrons. The lowest BCUT2D eigenvalue weighted by Gasteiger charge is -2.21. The fourth-order valence-electron chi connectivity index (χ4n) is 4.49. The number of nitrogens with zero attached hydrogens (tertiary/aromatic N) is 3. The summed E-state index contributed by atoms with van der Waals surface area (Å²) in [6.45, 7) is 12.1. The molecule has 1 fully saturated rings. The first-order valence-corrected chi connectivity index (χ1v) is 11.8. The molecular formula is C24H39N5O4. The molecule has 9 nitrogen and oxygen atoms in total. The molecule has 3 unspecified atom stereocenters. The molecular weight excluding hydrogens is 422 g/mol. The Morgan fingerprint density at radius 2 is 1.91 bits per heavy atom. The summed E-state index contributed by atoms with van der Waals surface area (Å²) in [5.74, 6) is 0.418. The zero-order valence-corrected chi connectivity index (χ0v) is 20.7. The molecule has 1 aliphatic carbocycles. The molecule has 1 saturated carbocycles. The van der Waals surface area contributed by atoms with Gasteiger partial charge < -0.3 is 30.2 Å². The number of hydrogen-bond donors (Lipinski definition) is 4. The van der Waals surface area contributed by atoms with E-state index in [1.54, 1.807) is 6.33 Å². The molecule has 0 aromatic carbocycles. The summed E-state index contributed by atoms with van der Waals surface area (Å²) < 4.78 is 7.70. The van der Waals surface area contributed by atoms with Crippen LogP contribution in [-0.4, -0.2) is 55.3 Å². The van der Waals surface area contributed by atoms with E-state index in [1.165, 1.54) is 24.8 Å². The van der Waals surface area contributed by atoms with E-state index in [0.717, 1.165) is 43.7 Å². The molecule has 0 bridgehead atoms. The van der Waals surface area contributed by atoms with Crippen LogP contribution in [0, 0.1) is 5.92 Å². The number of aromatic nitrogens is 3. The summed E-state index contributed by atoms with van der Waals surface area (Å²) in [4.78, 5) is 21.0. The highest BCUT2D eigenvalue weighted by Crippen LogP contribution is 2.41. The Labute approximate surface area is 195 Å². The molecule has 4 N–H and O–H groups in total. The van der Waals surface area contributed by atoms with Crippen LogP contribution in [0.5, 0.6) is 0 Å². The van der Waals surface area contributed by atoms with Crippen LogP contribution < -0.4 is 10.6 Å². The zero-order chi connectivity index (χ0) is 24.4. The van der Waals surface area contributed by atoms with Gasteiger partial charge in [-0.25, -0.2) is 14.8 Å². The minimum absolute atomic E-state index is 0.330. The van der Waals surface area contributed by atoms with E-state index in [1.807, 2.05) is 20.8 Å². The van der Waals surface area contributed by atoms with Crippen molar-refractivity contribution in [1.82, 2.24) is 19.9 Å². The van der Waals surface area contributed by atoms with Gasteiger partial charge in [-0.05, 0) is 77.7 Å². The SMILES string of the molecule is CC(C)(O)O.CC1CCNc2ncnc3c2c1cn3C1CCC(CNC(=O)OC(C)(C)C)C1. The van der Waals surface area contributed by atoms with Crippen LogP contribution in [0.15, 0.2) is 12.5 Å². The lowest BCUT2D eigenvalue weighted by Crippen LogP contribution is -2.34. The van der Waals surface area contributed by atoms with E-state index >= 15 is 0 Å². The number of amides is 1. The smallest absolute Gasteiger partial charge is 0.407 e. The summed E-state index contributed by atoms with van der Waals surface area (Å²) in [6, 6.07) is 0.413. The second kappa shape index (κ2) is 9.85. The van der Waals surface area contributed by atoms with Crippen molar-refractivity contribution in [2.75, 3.05) is 18.4 Å². The zero-order valence-electron chi connectivity index (χ0n) is 20.7.